The molecule has 0 saturated carbocycles. The lowest BCUT2D eigenvalue weighted by molar-refractivity contribution is 0.368. The van der Waals surface area contributed by atoms with Gasteiger partial charge in [0.2, 0.25) is 11.7 Å². The predicted octanol–water partition coefficient (Wildman–Crippen LogP) is 3.59. The van der Waals surface area contributed by atoms with Gasteiger partial charge in [0.15, 0.2) is 0 Å². The summed E-state index contributed by atoms with van der Waals surface area (Å²) in [4.78, 5) is 17.7. The van der Waals surface area contributed by atoms with Gasteiger partial charge in [0.05, 0.1) is 5.52 Å². The normalized spacial score (nSPS) is 11.4. The van der Waals surface area contributed by atoms with Gasteiger partial charge in [-0.3, -0.25) is 4.98 Å². The molecule has 3 N–H and O–H groups in total. The second-order valence-corrected chi connectivity index (χ2v) is 6.10. The monoisotopic (exact) mass is 433 g/mol. The molecule has 0 aliphatic rings. The van der Waals surface area contributed by atoms with Crippen molar-refractivity contribution < 1.29 is 4.52 Å². The molecule has 0 spiro atoms. The van der Waals surface area contributed by atoms with E-state index in [1.165, 1.54) is 0 Å². The lowest BCUT2D eigenvalue weighted by atomic mass is 10.2. The number of para-hydroxylation sites is 1. The SMILES string of the molecule is CC(Nc1nc(CCN)nc2ccccc12)c1nc(-c2ccncc2)no1.Cl.Cl. The number of anilines is 1. The van der Waals surface area contributed by atoms with Crippen LogP contribution in [0.3, 0.4) is 0 Å². The Morgan fingerprint density at radius 1 is 1.03 bits per heavy atom. The molecule has 1 unspecified atom stereocenters. The molecule has 3 aromatic heterocycles. The van der Waals surface area contributed by atoms with Gasteiger partial charge in [-0.1, -0.05) is 17.3 Å². The summed E-state index contributed by atoms with van der Waals surface area (Å²) in [5, 5.41) is 8.35. The summed E-state index contributed by atoms with van der Waals surface area (Å²) < 4.78 is 5.44. The van der Waals surface area contributed by atoms with Gasteiger partial charge >= 0.3 is 0 Å². The lowest BCUT2D eigenvalue weighted by Gasteiger charge is -2.13. The van der Waals surface area contributed by atoms with Crippen LogP contribution >= 0.6 is 24.8 Å². The molecule has 0 radical (unpaired) electrons. The largest absolute Gasteiger partial charge is 0.358 e. The van der Waals surface area contributed by atoms with E-state index in [4.69, 9.17) is 10.3 Å². The fraction of sp³-hybridized carbons (Fsp3) is 0.211. The van der Waals surface area contributed by atoms with Crippen LogP contribution in [0.2, 0.25) is 0 Å². The zero-order valence-electron chi connectivity index (χ0n) is 15.6. The van der Waals surface area contributed by atoms with E-state index in [2.05, 4.69) is 30.4 Å². The summed E-state index contributed by atoms with van der Waals surface area (Å²) in [6.07, 6.45) is 4.00. The number of aromatic nitrogens is 5. The van der Waals surface area contributed by atoms with Crippen molar-refractivity contribution >= 4 is 41.5 Å². The Morgan fingerprint density at radius 3 is 2.55 bits per heavy atom. The Labute approximate surface area is 180 Å². The Bertz CT molecular complexity index is 1060. The van der Waals surface area contributed by atoms with Crippen LogP contribution in [0.1, 0.15) is 24.7 Å². The van der Waals surface area contributed by atoms with Gasteiger partial charge in [0.1, 0.15) is 17.7 Å². The van der Waals surface area contributed by atoms with Gasteiger partial charge < -0.3 is 15.6 Å². The minimum absolute atomic E-state index is 0. The van der Waals surface area contributed by atoms with Crippen LogP contribution < -0.4 is 11.1 Å². The van der Waals surface area contributed by atoms with Crippen LogP contribution in [-0.4, -0.2) is 31.6 Å². The Hall–Kier alpha value is -2.81. The number of nitrogens with zero attached hydrogens (tertiary/aromatic N) is 5. The maximum absolute atomic E-state index is 5.67. The van der Waals surface area contributed by atoms with E-state index < -0.39 is 0 Å². The van der Waals surface area contributed by atoms with Crippen molar-refractivity contribution in [2.24, 2.45) is 5.73 Å². The molecule has 0 bridgehead atoms. The minimum Gasteiger partial charge on any atom is -0.358 e. The molecule has 0 aliphatic carbocycles. The van der Waals surface area contributed by atoms with Crippen LogP contribution in [0.15, 0.2) is 53.3 Å². The topological polar surface area (TPSA) is 116 Å². The van der Waals surface area contributed by atoms with Gasteiger partial charge in [-0.15, -0.1) is 24.8 Å². The van der Waals surface area contributed by atoms with Gasteiger partial charge in [-0.25, -0.2) is 9.97 Å². The number of pyridine rings is 1. The number of fused-ring (bicyclic) bond motifs is 1. The van der Waals surface area contributed by atoms with Gasteiger partial charge in [0.25, 0.3) is 0 Å². The second kappa shape index (κ2) is 10.1. The van der Waals surface area contributed by atoms with Gasteiger partial charge in [-0.2, -0.15) is 4.98 Å². The predicted molar refractivity (Wildman–Crippen MR) is 116 cm³/mol. The molecule has 10 heteroatoms. The molecule has 4 rings (SSSR count). The first kappa shape index (κ1) is 22.5. The van der Waals surface area contributed by atoms with Crippen LogP contribution in [0.5, 0.6) is 0 Å². The average molecular weight is 434 g/mol. The maximum Gasteiger partial charge on any atom is 0.249 e. The summed E-state index contributed by atoms with van der Waals surface area (Å²) in [7, 11) is 0. The molecule has 4 aromatic rings. The van der Waals surface area contributed by atoms with E-state index in [1.54, 1.807) is 12.4 Å². The van der Waals surface area contributed by atoms with Crippen LogP contribution in [0, 0.1) is 0 Å². The average Bonchev–Trinajstić information content (AvgIpc) is 3.19. The zero-order valence-corrected chi connectivity index (χ0v) is 17.3. The van der Waals surface area contributed by atoms with E-state index >= 15 is 0 Å². The highest BCUT2D eigenvalue weighted by atomic mass is 35.5. The Morgan fingerprint density at radius 2 is 1.79 bits per heavy atom. The van der Waals surface area contributed by atoms with E-state index in [-0.39, 0.29) is 30.9 Å². The molecule has 0 amide bonds. The fourth-order valence-electron chi connectivity index (χ4n) is 2.77. The van der Waals surface area contributed by atoms with E-state index in [9.17, 15) is 0 Å². The summed E-state index contributed by atoms with van der Waals surface area (Å²) in [6.45, 7) is 2.44. The number of nitrogens with two attached hydrogens (primary N) is 1. The molecule has 0 fully saturated rings. The summed E-state index contributed by atoms with van der Waals surface area (Å²) in [6, 6.07) is 11.3. The maximum atomic E-state index is 5.67. The van der Waals surface area contributed by atoms with Crippen molar-refractivity contribution in [3.05, 3.63) is 60.5 Å². The number of benzene rings is 1. The third-order valence-electron chi connectivity index (χ3n) is 4.12. The molecule has 8 nitrogen and oxygen atoms in total. The number of nitrogens with one attached hydrogen (secondary N) is 1. The van der Waals surface area contributed by atoms with Crippen LogP contribution in [0.25, 0.3) is 22.3 Å². The molecule has 1 atom stereocenters. The molecular formula is C19H21Cl2N7O. The van der Waals surface area contributed by atoms with Crippen LogP contribution in [-0.2, 0) is 6.42 Å². The first-order valence-corrected chi connectivity index (χ1v) is 8.71. The number of hydrogen-bond donors (Lipinski definition) is 2. The van der Waals surface area contributed by atoms with E-state index in [1.807, 2.05) is 43.3 Å². The smallest absolute Gasteiger partial charge is 0.249 e. The van der Waals surface area contributed by atoms with E-state index in [0.717, 1.165) is 22.3 Å². The van der Waals surface area contributed by atoms with Crippen molar-refractivity contribution in [1.82, 2.24) is 25.1 Å². The number of halogens is 2. The highest BCUT2D eigenvalue weighted by Crippen LogP contribution is 2.25. The number of rotatable bonds is 6. The standard InChI is InChI=1S/C19H19N7O.2ClH/c1-12(19-25-17(26-27-19)13-7-10-21-11-8-13)22-18-14-4-2-3-5-15(14)23-16(24-18)6-9-20;;/h2-5,7-8,10-12H,6,9,20H2,1H3,(H,22,23,24);2*1H. The molecular weight excluding hydrogens is 413 g/mol. The molecule has 3 heterocycles. The second-order valence-electron chi connectivity index (χ2n) is 6.10. The quantitative estimate of drug-likeness (QED) is 0.473. The van der Waals surface area contributed by atoms with Crippen molar-refractivity contribution in [2.45, 2.75) is 19.4 Å². The molecule has 29 heavy (non-hydrogen) atoms. The first-order chi connectivity index (χ1) is 13.2. The van der Waals surface area contributed by atoms with Crippen LogP contribution in [0.4, 0.5) is 5.82 Å². The first-order valence-electron chi connectivity index (χ1n) is 8.71. The van der Waals surface area contributed by atoms with E-state index in [0.29, 0.717) is 30.5 Å². The third kappa shape index (κ3) is 4.97. The Balaban J connectivity index is 0.00000150. The highest BCUT2D eigenvalue weighted by molar-refractivity contribution is 5.89. The highest BCUT2D eigenvalue weighted by Gasteiger charge is 2.17. The summed E-state index contributed by atoms with van der Waals surface area (Å²) in [5.74, 6) is 2.43. The lowest BCUT2D eigenvalue weighted by Crippen LogP contribution is -2.12. The molecule has 0 aliphatic heterocycles. The van der Waals surface area contributed by atoms with Crippen molar-refractivity contribution in [3.63, 3.8) is 0 Å². The third-order valence-corrected chi connectivity index (χ3v) is 4.12. The van der Waals surface area contributed by atoms with Crippen molar-refractivity contribution in [1.29, 1.82) is 0 Å². The summed E-state index contributed by atoms with van der Waals surface area (Å²) in [5.41, 5.74) is 7.39. The number of hydrogen-bond acceptors (Lipinski definition) is 8. The molecule has 152 valence electrons. The minimum atomic E-state index is -0.225. The Kier molecular flexibility index (Phi) is 7.83. The summed E-state index contributed by atoms with van der Waals surface area (Å²) >= 11 is 0. The zero-order chi connectivity index (χ0) is 18.6. The van der Waals surface area contributed by atoms with Gasteiger partial charge in [-0.05, 0) is 37.7 Å². The van der Waals surface area contributed by atoms with Crippen molar-refractivity contribution in [2.75, 3.05) is 11.9 Å². The fourth-order valence-corrected chi connectivity index (χ4v) is 2.77. The molecule has 0 saturated heterocycles. The molecule has 1 aromatic carbocycles. The van der Waals surface area contributed by atoms with Crippen molar-refractivity contribution in [3.8, 4) is 11.4 Å². The van der Waals surface area contributed by atoms with Gasteiger partial charge in [0, 0.05) is 29.8 Å².